The first kappa shape index (κ1) is 12.0. The van der Waals surface area contributed by atoms with Gasteiger partial charge in [-0.05, 0) is 31.4 Å². The fraction of sp³-hybridized carbons (Fsp3) is 0.429. The summed E-state index contributed by atoms with van der Waals surface area (Å²) in [5.74, 6) is 0.928. The van der Waals surface area contributed by atoms with Crippen molar-refractivity contribution in [2.45, 2.75) is 31.7 Å². The maximum Gasteiger partial charge on any atom is 0.220 e. The Morgan fingerprint density at radius 2 is 2.21 bits per heavy atom. The highest BCUT2D eigenvalue weighted by Crippen LogP contribution is 2.18. The Balaban J connectivity index is 1.42. The first-order valence-corrected chi connectivity index (χ1v) is 6.79. The van der Waals surface area contributed by atoms with Gasteiger partial charge in [0.2, 0.25) is 11.9 Å². The molecule has 0 saturated heterocycles. The van der Waals surface area contributed by atoms with Crippen molar-refractivity contribution in [2.24, 2.45) is 0 Å². The molecule has 5 nitrogen and oxygen atoms in total. The Labute approximate surface area is 111 Å². The normalized spacial score (nSPS) is 14.5. The Bertz CT molecular complexity index is 541. The number of hydrogen-bond acceptors (Lipinski definition) is 3. The monoisotopic (exact) mass is 258 g/mol. The first-order valence-electron chi connectivity index (χ1n) is 6.79. The summed E-state index contributed by atoms with van der Waals surface area (Å²) in [7, 11) is 0. The third-order valence-corrected chi connectivity index (χ3v) is 3.20. The van der Waals surface area contributed by atoms with Gasteiger partial charge in [-0.1, -0.05) is 12.1 Å². The number of carbonyl (C=O) groups excluding carboxylic acids is 1. The number of imidazole rings is 1. The average molecular weight is 258 g/mol. The van der Waals surface area contributed by atoms with Crippen LogP contribution in [-0.2, 0) is 4.79 Å². The minimum atomic E-state index is 0.161. The van der Waals surface area contributed by atoms with Gasteiger partial charge in [-0.15, -0.1) is 0 Å². The zero-order valence-corrected chi connectivity index (χ0v) is 10.8. The van der Waals surface area contributed by atoms with Gasteiger partial charge in [0.1, 0.15) is 0 Å². The second-order valence-corrected chi connectivity index (χ2v) is 4.97. The highest BCUT2D eigenvalue weighted by molar-refractivity contribution is 5.77. The van der Waals surface area contributed by atoms with E-state index >= 15 is 0 Å². The SMILES string of the molecule is O=C(CCCNc1nc2ccccc2[nH]1)NC1CC1. The second-order valence-electron chi connectivity index (χ2n) is 4.97. The molecule has 3 N–H and O–H groups in total. The molecule has 100 valence electrons. The van der Waals surface area contributed by atoms with Crippen LogP contribution in [0.5, 0.6) is 0 Å². The topological polar surface area (TPSA) is 69.8 Å². The molecule has 3 rings (SSSR count). The lowest BCUT2D eigenvalue weighted by Gasteiger charge is -2.04. The van der Waals surface area contributed by atoms with Crippen LogP contribution in [0.4, 0.5) is 5.95 Å². The molecule has 19 heavy (non-hydrogen) atoms. The molecule has 0 aliphatic heterocycles. The lowest BCUT2D eigenvalue weighted by molar-refractivity contribution is -0.121. The lowest BCUT2D eigenvalue weighted by atomic mass is 10.3. The van der Waals surface area contributed by atoms with E-state index in [1.165, 1.54) is 0 Å². The van der Waals surface area contributed by atoms with Gasteiger partial charge >= 0.3 is 0 Å². The van der Waals surface area contributed by atoms with E-state index in [1.807, 2.05) is 24.3 Å². The Morgan fingerprint density at radius 3 is 3.00 bits per heavy atom. The maximum absolute atomic E-state index is 11.5. The number of benzene rings is 1. The number of H-pyrrole nitrogens is 1. The van der Waals surface area contributed by atoms with Gasteiger partial charge in [0, 0.05) is 19.0 Å². The van der Waals surface area contributed by atoms with Crippen LogP contribution in [0.1, 0.15) is 25.7 Å². The molecule has 0 atom stereocenters. The molecule has 0 bridgehead atoms. The van der Waals surface area contributed by atoms with Crippen molar-refractivity contribution in [3.05, 3.63) is 24.3 Å². The van der Waals surface area contributed by atoms with E-state index < -0.39 is 0 Å². The largest absolute Gasteiger partial charge is 0.356 e. The van der Waals surface area contributed by atoms with E-state index in [-0.39, 0.29) is 5.91 Å². The highest BCUT2D eigenvalue weighted by Gasteiger charge is 2.22. The minimum Gasteiger partial charge on any atom is -0.356 e. The molecule has 1 aromatic carbocycles. The van der Waals surface area contributed by atoms with Crippen LogP contribution in [0.3, 0.4) is 0 Å². The molecule has 1 fully saturated rings. The summed E-state index contributed by atoms with van der Waals surface area (Å²) in [6.45, 7) is 0.748. The van der Waals surface area contributed by atoms with Gasteiger partial charge in [0.15, 0.2) is 0 Å². The van der Waals surface area contributed by atoms with E-state index in [1.54, 1.807) is 0 Å². The van der Waals surface area contributed by atoms with E-state index in [4.69, 9.17) is 0 Å². The molecule has 1 amide bonds. The fourth-order valence-electron chi connectivity index (χ4n) is 2.02. The molecule has 0 unspecified atom stereocenters. The number of rotatable bonds is 6. The molecule has 0 radical (unpaired) electrons. The molecule has 1 aliphatic rings. The Hall–Kier alpha value is -2.04. The second kappa shape index (κ2) is 5.30. The van der Waals surface area contributed by atoms with Crippen molar-refractivity contribution in [1.82, 2.24) is 15.3 Å². The number of nitrogens with zero attached hydrogens (tertiary/aromatic N) is 1. The number of carbonyl (C=O) groups is 1. The van der Waals surface area contributed by atoms with Crippen LogP contribution in [0.15, 0.2) is 24.3 Å². The molecule has 1 aliphatic carbocycles. The van der Waals surface area contributed by atoms with Gasteiger partial charge in [-0.25, -0.2) is 4.98 Å². The predicted molar refractivity (Wildman–Crippen MR) is 75.0 cm³/mol. The standard InChI is InChI=1S/C14H18N4O/c19-13(16-10-7-8-10)6-3-9-15-14-17-11-4-1-2-5-12(11)18-14/h1-2,4-5,10H,3,6-9H2,(H,16,19)(H2,15,17,18). The van der Waals surface area contributed by atoms with Gasteiger partial charge in [-0.2, -0.15) is 0 Å². The van der Waals surface area contributed by atoms with Crippen molar-refractivity contribution in [2.75, 3.05) is 11.9 Å². The van der Waals surface area contributed by atoms with Gasteiger partial charge in [-0.3, -0.25) is 4.79 Å². The number of hydrogen-bond donors (Lipinski definition) is 3. The average Bonchev–Trinajstić information content (AvgIpc) is 3.11. The summed E-state index contributed by atoms with van der Waals surface area (Å²) >= 11 is 0. The number of para-hydroxylation sites is 2. The van der Waals surface area contributed by atoms with Crippen molar-refractivity contribution in [3.8, 4) is 0 Å². The van der Waals surface area contributed by atoms with Gasteiger partial charge in [0.05, 0.1) is 11.0 Å². The number of aromatic amines is 1. The molecule has 1 heterocycles. The third-order valence-electron chi connectivity index (χ3n) is 3.20. The zero-order chi connectivity index (χ0) is 13.1. The number of amides is 1. The Morgan fingerprint density at radius 1 is 1.37 bits per heavy atom. The van der Waals surface area contributed by atoms with Gasteiger partial charge in [0.25, 0.3) is 0 Å². The fourth-order valence-corrected chi connectivity index (χ4v) is 2.02. The smallest absolute Gasteiger partial charge is 0.220 e. The number of anilines is 1. The van der Waals surface area contributed by atoms with Crippen molar-refractivity contribution >= 4 is 22.9 Å². The lowest BCUT2D eigenvalue weighted by Crippen LogP contribution is -2.25. The zero-order valence-electron chi connectivity index (χ0n) is 10.8. The van der Waals surface area contributed by atoms with Crippen molar-refractivity contribution in [1.29, 1.82) is 0 Å². The quantitative estimate of drug-likeness (QED) is 0.694. The van der Waals surface area contributed by atoms with Crippen LogP contribution in [-0.4, -0.2) is 28.5 Å². The molecular formula is C14H18N4O. The minimum absolute atomic E-state index is 0.161. The van der Waals surface area contributed by atoms with E-state index in [2.05, 4.69) is 20.6 Å². The summed E-state index contributed by atoms with van der Waals surface area (Å²) in [6.07, 6.45) is 3.67. The molecule has 0 spiro atoms. The number of aromatic nitrogens is 2. The van der Waals surface area contributed by atoms with Crippen LogP contribution in [0.2, 0.25) is 0 Å². The van der Waals surface area contributed by atoms with Crippen LogP contribution in [0.25, 0.3) is 11.0 Å². The first-order chi connectivity index (χ1) is 9.31. The van der Waals surface area contributed by atoms with Crippen LogP contribution >= 0.6 is 0 Å². The molecule has 5 heteroatoms. The molecule has 1 aromatic heterocycles. The Kier molecular flexibility index (Phi) is 3.35. The third kappa shape index (κ3) is 3.24. The van der Waals surface area contributed by atoms with Crippen molar-refractivity contribution in [3.63, 3.8) is 0 Å². The molecule has 1 saturated carbocycles. The molecular weight excluding hydrogens is 240 g/mol. The van der Waals surface area contributed by atoms with E-state index in [0.717, 1.165) is 42.8 Å². The summed E-state index contributed by atoms with van der Waals surface area (Å²) in [5.41, 5.74) is 1.98. The summed E-state index contributed by atoms with van der Waals surface area (Å²) in [4.78, 5) is 19.1. The number of fused-ring (bicyclic) bond motifs is 1. The maximum atomic E-state index is 11.5. The van der Waals surface area contributed by atoms with Crippen LogP contribution < -0.4 is 10.6 Å². The van der Waals surface area contributed by atoms with Crippen LogP contribution in [0, 0.1) is 0 Å². The number of nitrogens with one attached hydrogen (secondary N) is 3. The molecule has 2 aromatic rings. The van der Waals surface area contributed by atoms with Gasteiger partial charge < -0.3 is 15.6 Å². The van der Waals surface area contributed by atoms with E-state index in [0.29, 0.717) is 12.5 Å². The van der Waals surface area contributed by atoms with Crippen molar-refractivity contribution < 1.29 is 4.79 Å². The summed E-state index contributed by atoms with van der Waals surface area (Å²) in [5, 5.41) is 6.20. The summed E-state index contributed by atoms with van der Waals surface area (Å²) in [6, 6.07) is 8.37. The van der Waals surface area contributed by atoms with E-state index in [9.17, 15) is 4.79 Å². The summed E-state index contributed by atoms with van der Waals surface area (Å²) < 4.78 is 0. The predicted octanol–water partition coefficient (Wildman–Crippen LogP) is 2.03. The highest BCUT2D eigenvalue weighted by atomic mass is 16.1.